The van der Waals surface area contributed by atoms with Gasteiger partial charge in [-0.1, -0.05) is 0 Å². The summed E-state index contributed by atoms with van der Waals surface area (Å²) in [6, 6.07) is 0.257. The van der Waals surface area contributed by atoms with Crippen molar-refractivity contribution >= 4 is 6.09 Å². The first-order valence-electron chi connectivity index (χ1n) is 5.47. The number of cyclic esters (lactones) is 1. The molecule has 0 radical (unpaired) electrons. The number of hydrogen-bond acceptors (Lipinski definition) is 4. The minimum Gasteiger partial charge on any atom is -0.442 e. The Kier molecular flexibility index (Phi) is 3.11. The Morgan fingerprint density at radius 3 is 2.93 bits per heavy atom. The number of carbonyl (C=O) groups excluding carboxylic acids is 1. The summed E-state index contributed by atoms with van der Waals surface area (Å²) in [5.41, 5.74) is 0. The molecule has 0 aromatic carbocycles. The van der Waals surface area contributed by atoms with Gasteiger partial charge in [0.2, 0.25) is 0 Å². The fourth-order valence-corrected chi connectivity index (χ4v) is 2.33. The van der Waals surface area contributed by atoms with Crippen molar-refractivity contribution in [1.29, 1.82) is 0 Å². The van der Waals surface area contributed by atoms with E-state index >= 15 is 0 Å². The zero-order valence-electron chi connectivity index (χ0n) is 9.06. The number of nitrogens with zero attached hydrogens (tertiary/aromatic N) is 2. The Balaban J connectivity index is 1.95. The highest BCUT2D eigenvalue weighted by Crippen LogP contribution is 2.20. The molecule has 5 nitrogen and oxygen atoms in total. The molecular formula is C10H18N2O3. The zero-order chi connectivity index (χ0) is 10.8. The second kappa shape index (κ2) is 4.37. The number of hydrogen-bond donors (Lipinski definition) is 1. The summed E-state index contributed by atoms with van der Waals surface area (Å²) in [5.74, 6) is 0. The molecule has 15 heavy (non-hydrogen) atoms. The van der Waals surface area contributed by atoms with Crippen LogP contribution in [0.2, 0.25) is 0 Å². The first-order valence-corrected chi connectivity index (χ1v) is 5.47. The van der Waals surface area contributed by atoms with Crippen molar-refractivity contribution in [2.45, 2.75) is 25.0 Å². The smallest absolute Gasteiger partial charge is 0.410 e. The molecule has 2 aliphatic rings. The lowest BCUT2D eigenvalue weighted by Crippen LogP contribution is -2.47. The summed E-state index contributed by atoms with van der Waals surface area (Å²) >= 11 is 0. The Labute approximate surface area is 89.6 Å². The number of carbonyl (C=O) groups is 1. The van der Waals surface area contributed by atoms with Crippen LogP contribution in [0.3, 0.4) is 0 Å². The molecule has 2 atom stereocenters. The van der Waals surface area contributed by atoms with Gasteiger partial charge in [-0.05, 0) is 26.4 Å². The van der Waals surface area contributed by atoms with Gasteiger partial charge in [0, 0.05) is 12.6 Å². The predicted octanol–water partition coefficient (Wildman–Crippen LogP) is -0.106. The largest absolute Gasteiger partial charge is 0.442 e. The Bertz CT molecular complexity index is 247. The fourth-order valence-electron chi connectivity index (χ4n) is 2.33. The SMILES string of the molecule is CN1CCCC(N2C[C@H](CO)OC2=O)C1. The van der Waals surface area contributed by atoms with Crippen LogP contribution in [0.25, 0.3) is 0 Å². The third kappa shape index (κ3) is 2.23. The van der Waals surface area contributed by atoms with Gasteiger partial charge < -0.3 is 19.6 Å². The molecule has 1 unspecified atom stereocenters. The molecule has 0 aliphatic carbocycles. The van der Waals surface area contributed by atoms with Crippen LogP contribution in [0.5, 0.6) is 0 Å². The lowest BCUT2D eigenvalue weighted by atomic mass is 10.1. The number of aliphatic hydroxyl groups excluding tert-OH is 1. The van der Waals surface area contributed by atoms with Gasteiger partial charge in [0.1, 0.15) is 6.10 Å². The zero-order valence-corrected chi connectivity index (χ0v) is 9.06. The van der Waals surface area contributed by atoms with Crippen molar-refractivity contribution in [3.63, 3.8) is 0 Å². The van der Waals surface area contributed by atoms with E-state index in [4.69, 9.17) is 9.84 Å². The molecular weight excluding hydrogens is 196 g/mol. The van der Waals surface area contributed by atoms with Crippen molar-refractivity contribution in [3.8, 4) is 0 Å². The van der Waals surface area contributed by atoms with Gasteiger partial charge in [-0.15, -0.1) is 0 Å². The summed E-state index contributed by atoms with van der Waals surface area (Å²) in [5, 5.41) is 8.94. The number of aliphatic hydroxyl groups is 1. The van der Waals surface area contributed by atoms with Gasteiger partial charge in [0.05, 0.1) is 13.2 Å². The molecule has 86 valence electrons. The van der Waals surface area contributed by atoms with E-state index in [1.807, 2.05) is 0 Å². The second-order valence-electron chi connectivity index (χ2n) is 4.40. The average Bonchev–Trinajstić information content (AvgIpc) is 2.60. The molecule has 2 fully saturated rings. The van der Waals surface area contributed by atoms with Crippen LogP contribution in [-0.2, 0) is 4.74 Å². The summed E-state index contributed by atoms with van der Waals surface area (Å²) in [6.45, 7) is 2.47. The lowest BCUT2D eigenvalue weighted by molar-refractivity contribution is 0.0919. The minimum atomic E-state index is -0.329. The summed E-state index contributed by atoms with van der Waals surface area (Å²) in [7, 11) is 2.07. The van der Waals surface area contributed by atoms with E-state index in [1.54, 1.807) is 4.90 Å². The maximum Gasteiger partial charge on any atom is 0.410 e. The monoisotopic (exact) mass is 214 g/mol. The number of amides is 1. The molecule has 1 N–H and O–H groups in total. The van der Waals surface area contributed by atoms with Crippen LogP contribution in [0.1, 0.15) is 12.8 Å². The first-order chi connectivity index (χ1) is 7.20. The van der Waals surface area contributed by atoms with Crippen LogP contribution in [0, 0.1) is 0 Å². The van der Waals surface area contributed by atoms with Gasteiger partial charge in [-0.2, -0.15) is 0 Å². The van der Waals surface area contributed by atoms with E-state index in [2.05, 4.69) is 11.9 Å². The van der Waals surface area contributed by atoms with Gasteiger partial charge in [0.25, 0.3) is 0 Å². The van der Waals surface area contributed by atoms with Crippen molar-refractivity contribution in [2.75, 3.05) is 33.3 Å². The molecule has 2 heterocycles. The minimum absolute atomic E-state index is 0.0786. The molecule has 1 amide bonds. The van der Waals surface area contributed by atoms with Crippen molar-refractivity contribution in [1.82, 2.24) is 9.80 Å². The normalized spacial score (nSPS) is 33.2. The Morgan fingerprint density at radius 1 is 1.53 bits per heavy atom. The summed E-state index contributed by atoms with van der Waals surface area (Å²) < 4.78 is 5.03. The highest BCUT2D eigenvalue weighted by molar-refractivity contribution is 5.70. The third-order valence-electron chi connectivity index (χ3n) is 3.15. The van der Waals surface area contributed by atoms with E-state index in [1.165, 1.54) is 0 Å². The van der Waals surface area contributed by atoms with E-state index in [9.17, 15) is 4.79 Å². The molecule has 0 aromatic heterocycles. The number of likely N-dealkylation sites (N-methyl/N-ethyl adjacent to an activating group) is 1. The molecule has 0 aromatic rings. The maximum absolute atomic E-state index is 11.5. The number of ether oxygens (including phenoxy) is 1. The van der Waals surface area contributed by atoms with E-state index in [0.717, 1.165) is 25.9 Å². The van der Waals surface area contributed by atoms with Gasteiger partial charge >= 0.3 is 6.09 Å². The van der Waals surface area contributed by atoms with Crippen molar-refractivity contribution in [2.24, 2.45) is 0 Å². The molecule has 2 rings (SSSR count). The van der Waals surface area contributed by atoms with Gasteiger partial charge in [-0.3, -0.25) is 0 Å². The predicted molar refractivity (Wildman–Crippen MR) is 54.6 cm³/mol. The molecule has 0 bridgehead atoms. The van der Waals surface area contributed by atoms with E-state index < -0.39 is 0 Å². The van der Waals surface area contributed by atoms with E-state index in [-0.39, 0.29) is 24.8 Å². The number of rotatable bonds is 2. The molecule has 0 spiro atoms. The van der Waals surface area contributed by atoms with Crippen LogP contribution in [0.4, 0.5) is 4.79 Å². The molecule has 5 heteroatoms. The van der Waals surface area contributed by atoms with Gasteiger partial charge in [-0.25, -0.2) is 4.79 Å². The molecule has 2 saturated heterocycles. The summed E-state index contributed by atoms with van der Waals surface area (Å²) in [6.07, 6.45) is 1.56. The van der Waals surface area contributed by atoms with Crippen molar-refractivity contribution in [3.05, 3.63) is 0 Å². The Hall–Kier alpha value is -0.810. The van der Waals surface area contributed by atoms with Crippen LogP contribution >= 0.6 is 0 Å². The summed E-state index contributed by atoms with van der Waals surface area (Å²) in [4.78, 5) is 15.5. The standard InChI is InChI=1S/C10H18N2O3/c1-11-4-2-3-8(5-11)12-6-9(7-13)15-10(12)14/h8-9,13H,2-7H2,1H3/t8?,9-/m1/s1. The fraction of sp³-hybridized carbons (Fsp3) is 0.900. The van der Waals surface area contributed by atoms with Crippen LogP contribution in [0.15, 0.2) is 0 Å². The Morgan fingerprint density at radius 2 is 2.33 bits per heavy atom. The highest BCUT2D eigenvalue weighted by atomic mass is 16.6. The number of likely N-dealkylation sites (tertiary alicyclic amines) is 1. The van der Waals surface area contributed by atoms with Crippen LogP contribution in [-0.4, -0.2) is 66.4 Å². The quantitative estimate of drug-likeness (QED) is 0.697. The average molecular weight is 214 g/mol. The van der Waals surface area contributed by atoms with Crippen LogP contribution < -0.4 is 0 Å². The second-order valence-corrected chi connectivity index (χ2v) is 4.40. The third-order valence-corrected chi connectivity index (χ3v) is 3.15. The number of piperidine rings is 1. The molecule has 0 saturated carbocycles. The van der Waals surface area contributed by atoms with Crippen molar-refractivity contribution < 1.29 is 14.6 Å². The first kappa shape index (κ1) is 10.7. The highest BCUT2D eigenvalue weighted by Gasteiger charge is 2.36. The van der Waals surface area contributed by atoms with Gasteiger partial charge in [0.15, 0.2) is 0 Å². The lowest BCUT2D eigenvalue weighted by Gasteiger charge is -2.34. The van der Waals surface area contributed by atoms with E-state index in [0.29, 0.717) is 6.54 Å². The molecule has 2 aliphatic heterocycles. The topological polar surface area (TPSA) is 53.0 Å². The maximum atomic E-state index is 11.5.